The molecule has 0 fully saturated rings. The van der Waals surface area contributed by atoms with Gasteiger partial charge in [0.05, 0.1) is 4.88 Å². The number of pyridine rings is 1. The average Bonchev–Trinajstić information content (AvgIpc) is 3.30. The number of anilines is 1. The molecule has 4 aromatic rings. The van der Waals surface area contributed by atoms with Gasteiger partial charge in [-0.3, -0.25) is 0 Å². The molecule has 138 valence electrons. The van der Waals surface area contributed by atoms with Gasteiger partial charge in [0.25, 0.3) is 0 Å². The molecule has 1 aromatic carbocycles. The minimum absolute atomic E-state index is 0.244. The minimum Gasteiger partial charge on any atom is -0.359 e. The molecule has 0 aliphatic carbocycles. The van der Waals surface area contributed by atoms with E-state index in [1.807, 2.05) is 16.8 Å². The molecule has 27 heavy (non-hydrogen) atoms. The van der Waals surface area contributed by atoms with Crippen LogP contribution in [0.15, 0.2) is 55.1 Å². The summed E-state index contributed by atoms with van der Waals surface area (Å²) in [7, 11) is 0. The quantitative estimate of drug-likeness (QED) is 0.481. The number of imidazole rings is 1. The van der Waals surface area contributed by atoms with E-state index in [4.69, 9.17) is 0 Å². The van der Waals surface area contributed by atoms with Gasteiger partial charge in [-0.1, -0.05) is 37.3 Å². The number of benzene rings is 1. The van der Waals surface area contributed by atoms with Crippen molar-refractivity contribution in [3.63, 3.8) is 0 Å². The molecule has 1 unspecified atom stereocenters. The topological polar surface area (TPSA) is 42.2 Å². The van der Waals surface area contributed by atoms with Gasteiger partial charge in [0.15, 0.2) is 5.13 Å². The van der Waals surface area contributed by atoms with Gasteiger partial charge >= 0.3 is 0 Å². The fraction of sp³-hybridized carbons (Fsp3) is 0.238. The summed E-state index contributed by atoms with van der Waals surface area (Å²) in [4.78, 5) is 10.1. The molecule has 0 aliphatic rings. The van der Waals surface area contributed by atoms with Crippen LogP contribution in [0, 0.1) is 11.7 Å². The van der Waals surface area contributed by atoms with Crippen LogP contribution >= 0.6 is 11.3 Å². The Balaban J connectivity index is 1.75. The fourth-order valence-corrected chi connectivity index (χ4v) is 3.74. The van der Waals surface area contributed by atoms with Gasteiger partial charge in [0, 0.05) is 42.0 Å². The number of aromatic nitrogens is 3. The predicted molar refractivity (Wildman–Crippen MR) is 110 cm³/mol. The van der Waals surface area contributed by atoms with E-state index in [1.165, 1.54) is 12.1 Å². The van der Waals surface area contributed by atoms with Gasteiger partial charge in [-0.15, -0.1) is 0 Å². The van der Waals surface area contributed by atoms with Crippen molar-refractivity contribution >= 4 is 22.1 Å². The Kier molecular flexibility index (Phi) is 4.66. The maximum Gasteiger partial charge on any atom is 0.183 e. The van der Waals surface area contributed by atoms with Crippen molar-refractivity contribution in [2.24, 2.45) is 5.92 Å². The maximum absolute atomic E-state index is 13.3. The van der Waals surface area contributed by atoms with Crippen LogP contribution in [-0.2, 0) is 0 Å². The van der Waals surface area contributed by atoms with E-state index >= 15 is 0 Å². The van der Waals surface area contributed by atoms with Crippen LogP contribution in [-0.4, -0.2) is 20.4 Å². The molecule has 0 amide bonds. The summed E-state index contributed by atoms with van der Waals surface area (Å²) in [5.74, 6) is 0.288. The van der Waals surface area contributed by atoms with Crippen LogP contribution in [0.2, 0.25) is 0 Å². The standard InChI is InChI=1S/C21H21FN4S/c1-13(2)14(3)25-21-24-11-19(27-21)16-10-18(15-4-6-17(22)7-5-15)20-23-8-9-26(20)12-16/h4-14H,1-3H3,(H,24,25). The SMILES string of the molecule is CC(C)C(C)Nc1ncc(-c2cc(-c3ccc(F)cc3)c3nccn3c2)s1. The first-order chi connectivity index (χ1) is 13.0. The van der Waals surface area contributed by atoms with Crippen molar-refractivity contribution in [2.75, 3.05) is 5.32 Å². The molecular weight excluding hydrogens is 359 g/mol. The molecule has 0 saturated heterocycles. The van der Waals surface area contributed by atoms with Crippen LogP contribution in [0.1, 0.15) is 20.8 Å². The van der Waals surface area contributed by atoms with Crippen LogP contribution in [0.25, 0.3) is 27.2 Å². The summed E-state index contributed by atoms with van der Waals surface area (Å²) in [6.45, 7) is 6.54. The predicted octanol–water partition coefficient (Wildman–Crippen LogP) is 5.72. The summed E-state index contributed by atoms with van der Waals surface area (Å²) in [6.07, 6.45) is 7.65. The molecular formula is C21H21FN4S. The Labute approximate surface area is 161 Å². The van der Waals surface area contributed by atoms with Gasteiger partial charge in [0.2, 0.25) is 0 Å². The largest absolute Gasteiger partial charge is 0.359 e. The monoisotopic (exact) mass is 380 g/mol. The number of hydrogen-bond acceptors (Lipinski definition) is 4. The molecule has 6 heteroatoms. The first-order valence-electron chi connectivity index (χ1n) is 8.96. The molecule has 1 N–H and O–H groups in total. The number of rotatable bonds is 5. The molecule has 4 rings (SSSR count). The fourth-order valence-electron chi connectivity index (χ4n) is 2.85. The first-order valence-corrected chi connectivity index (χ1v) is 9.78. The third-order valence-corrected chi connectivity index (χ3v) is 5.76. The molecule has 4 nitrogen and oxygen atoms in total. The molecule has 3 heterocycles. The molecule has 1 atom stereocenters. The Hall–Kier alpha value is -2.73. The first kappa shape index (κ1) is 17.7. The van der Waals surface area contributed by atoms with Crippen molar-refractivity contribution in [3.05, 3.63) is 60.9 Å². The third-order valence-electron chi connectivity index (χ3n) is 4.78. The van der Waals surface area contributed by atoms with Crippen molar-refractivity contribution in [3.8, 4) is 21.6 Å². The number of halogens is 1. The van der Waals surface area contributed by atoms with Crippen LogP contribution in [0.4, 0.5) is 9.52 Å². The molecule has 0 aliphatic heterocycles. The number of nitrogens with one attached hydrogen (secondary N) is 1. The number of thiazole rings is 1. The molecule has 0 spiro atoms. The lowest BCUT2D eigenvalue weighted by Gasteiger charge is -2.16. The zero-order chi connectivity index (χ0) is 19.0. The third kappa shape index (κ3) is 3.57. The van der Waals surface area contributed by atoms with E-state index in [2.05, 4.69) is 48.3 Å². The molecule has 0 saturated carbocycles. The minimum atomic E-state index is -0.244. The summed E-state index contributed by atoms with van der Waals surface area (Å²) in [5, 5.41) is 4.38. The Morgan fingerprint density at radius 3 is 2.59 bits per heavy atom. The highest BCUT2D eigenvalue weighted by molar-refractivity contribution is 7.18. The van der Waals surface area contributed by atoms with E-state index < -0.39 is 0 Å². The van der Waals surface area contributed by atoms with Gasteiger partial charge in [-0.05, 0) is 36.6 Å². The Morgan fingerprint density at radius 1 is 1.07 bits per heavy atom. The summed E-state index contributed by atoms with van der Waals surface area (Å²) >= 11 is 1.63. The highest BCUT2D eigenvalue weighted by Crippen LogP contribution is 2.34. The van der Waals surface area contributed by atoms with E-state index in [0.29, 0.717) is 12.0 Å². The van der Waals surface area contributed by atoms with Crippen LogP contribution < -0.4 is 5.32 Å². The summed E-state index contributed by atoms with van der Waals surface area (Å²) in [6, 6.07) is 8.97. The lowest BCUT2D eigenvalue weighted by Crippen LogP contribution is -2.21. The second-order valence-corrected chi connectivity index (χ2v) is 8.04. The lowest BCUT2D eigenvalue weighted by molar-refractivity contribution is 0.559. The van der Waals surface area contributed by atoms with Crippen molar-refractivity contribution in [1.29, 1.82) is 0 Å². The second-order valence-electron chi connectivity index (χ2n) is 7.01. The average molecular weight is 380 g/mol. The van der Waals surface area contributed by atoms with Crippen molar-refractivity contribution < 1.29 is 4.39 Å². The zero-order valence-electron chi connectivity index (χ0n) is 15.5. The molecule has 0 bridgehead atoms. The van der Waals surface area contributed by atoms with E-state index in [9.17, 15) is 4.39 Å². The van der Waals surface area contributed by atoms with Gasteiger partial charge in [-0.2, -0.15) is 0 Å². The van der Waals surface area contributed by atoms with E-state index in [-0.39, 0.29) is 5.82 Å². The zero-order valence-corrected chi connectivity index (χ0v) is 16.3. The van der Waals surface area contributed by atoms with Crippen LogP contribution in [0.3, 0.4) is 0 Å². The number of nitrogens with zero attached hydrogens (tertiary/aromatic N) is 3. The Bertz CT molecular complexity index is 1070. The second kappa shape index (κ2) is 7.12. The smallest absolute Gasteiger partial charge is 0.183 e. The summed E-state index contributed by atoms with van der Waals surface area (Å²) < 4.78 is 15.3. The van der Waals surface area contributed by atoms with Crippen molar-refractivity contribution in [2.45, 2.75) is 26.8 Å². The number of fused-ring (bicyclic) bond motifs is 1. The molecule has 0 radical (unpaired) electrons. The van der Waals surface area contributed by atoms with Crippen molar-refractivity contribution in [1.82, 2.24) is 14.4 Å². The van der Waals surface area contributed by atoms with Crippen LogP contribution in [0.5, 0.6) is 0 Å². The highest BCUT2D eigenvalue weighted by Gasteiger charge is 2.13. The normalized spacial score (nSPS) is 12.6. The van der Waals surface area contributed by atoms with Gasteiger partial charge in [0.1, 0.15) is 11.5 Å². The number of hydrogen-bond donors (Lipinski definition) is 1. The summed E-state index contributed by atoms with van der Waals surface area (Å²) in [5.41, 5.74) is 3.81. The van der Waals surface area contributed by atoms with E-state index in [1.54, 1.807) is 29.7 Å². The highest BCUT2D eigenvalue weighted by atomic mass is 32.1. The van der Waals surface area contributed by atoms with Gasteiger partial charge in [-0.25, -0.2) is 14.4 Å². The Morgan fingerprint density at radius 2 is 1.85 bits per heavy atom. The lowest BCUT2D eigenvalue weighted by atomic mass is 10.0. The molecule has 3 aromatic heterocycles. The van der Waals surface area contributed by atoms with E-state index in [0.717, 1.165) is 32.3 Å². The van der Waals surface area contributed by atoms with Gasteiger partial charge < -0.3 is 9.72 Å². The maximum atomic E-state index is 13.3.